The standard InChI is InChI=1S/C26H28N2O4S/c1-30-21-9-7-20(8-10-21)28(17-22-4-3-15-33-22)26(29)18-27-12-2-5-23(27)19-6-11-24-25(16-19)32-14-13-31-24/h3-4,6-11,15-16,23H,2,5,12-14,17-18H2,1H3. The average Bonchev–Trinajstić information content (AvgIpc) is 3.54. The number of ether oxygens (including phenoxy) is 3. The average molecular weight is 465 g/mol. The summed E-state index contributed by atoms with van der Waals surface area (Å²) in [6, 6.07) is 18.2. The van der Waals surface area contributed by atoms with Crippen LogP contribution in [0.25, 0.3) is 0 Å². The summed E-state index contributed by atoms with van der Waals surface area (Å²) in [5.41, 5.74) is 2.06. The molecule has 0 N–H and O–H groups in total. The maximum Gasteiger partial charge on any atom is 0.241 e. The smallest absolute Gasteiger partial charge is 0.241 e. The molecule has 1 aromatic heterocycles. The highest BCUT2D eigenvalue weighted by atomic mass is 32.1. The summed E-state index contributed by atoms with van der Waals surface area (Å²) in [6.07, 6.45) is 2.10. The van der Waals surface area contributed by atoms with E-state index in [9.17, 15) is 4.79 Å². The molecule has 5 rings (SSSR count). The Bertz CT molecular complexity index is 1080. The van der Waals surface area contributed by atoms with Gasteiger partial charge in [0, 0.05) is 16.6 Å². The summed E-state index contributed by atoms with van der Waals surface area (Å²) in [4.78, 5) is 18.9. The van der Waals surface area contributed by atoms with E-state index < -0.39 is 0 Å². The zero-order chi connectivity index (χ0) is 22.6. The molecule has 0 saturated carbocycles. The predicted octanol–water partition coefficient (Wildman–Crippen LogP) is 4.90. The first-order valence-electron chi connectivity index (χ1n) is 11.3. The van der Waals surface area contributed by atoms with Crippen LogP contribution < -0.4 is 19.1 Å². The number of rotatable bonds is 7. The Kier molecular flexibility index (Phi) is 6.51. The van der Waals surface area contributed by atoms with E-state index >= 15 is 0 Å². The van der Waals surface area contributed by atoms with Crippen molar-refractivity contribution in [2.24, 2.45) is 0 Å². The summed E-state index contributed by atoms with van der Waals surface area (Å²) in [5.74, 6) is 2.47. The van der Waals surface area contributed by atoms with Gasteiger partial charge >= 0.3 is 0 Å². The number of hydrogen-bond acceptors (Lipinski definition) is 6. The number of methoxy groups -OCH3 is 1. The van der Waals surface area contributed by atoms with Crippen LogP contribution >= 0.6 is 11.3 Å². The molecular weight excluding hydrogens is 436 g/mol. The number of amides is 1. The molecule has 3 aromatic rings. The summed E-state index contributed by atoms with van der Waals surface area (Å²) in [6.45, 7) is 2.99. The van der Waals surface area contributed by atoms with Crippen molar-refractivity contribution in [2.45, 2.75) is 25.4 Å². The van der Waals surface area contributed by atoms with Crippen LogP contribution in [0.2, 0.25) is 0 Å². The fraction of sp³-hybridized carbons (Fsp3) is 0.346. The monoisotopic (exact) mass is 464 g/mol. The van der Waals surface area contributed by atoms with Gasteiger partial charge in [-0.1, -0.05) is 12.1 Å². The lowest BCUT2D eigenvalue weighted by atomic mass is 10.0. The van der Waals surface area contributed by atoms with Crippen LogP contribution in [-0.2, 0) is 11.3 Å². The third-order valence-corrected chi connectivity index (χ3v) is 7.09. The Morgan fingerprint density at radius 1 is 1.12 bits per heavy atom. The second kappa shape index (κ2) is 9.85. The Morgan fingerprint density at radius 2 is 1.94 bits per heavy atom. The van der Waals surface area contributed by atoms with E-state index in [1.165, 1.54) is 5.56 Å². The van der Waals surface area contributed by atoms with Gasteiger partial charge in [0.2, 0.25) is 5.91 Å². The van der Waals surface area contributed by atoms with Crippen molar-refractivity contribution in [3.8, 4) is 17.2 Å². The van der Waals surface area contributed by atoms with Gasteiger partial charge in [-0.3, -0.25) is 9.69 Å². The van der Waals surface area contributed by atoms with Gasteiger partial charge in [0.1, 0.15) is 19.0 Å². The van der Waals surface area contributed by atoms with Crippen molar-refractivity contribution in [1.82, 2.24) is 4.90 Å². The number of carbonyl (C=O) groups is 1. The molecular formula is C26H28N2O4S. The third-order valence-electron chi connectivity index (χ3n) is 6.23. The molecule has 0 radical (unpaired) electrons. The Labute approximate surface area is 198 Å². The largest absolute Gasteiger partial charge is 0.497 e. The lowest BCUT2D eigenvalue weighted by Crippen LogP contribution is -2.40. The van der Waals surface area contributed by atoms with Crippen molar-refractivity contribution in [2.75, 3.05) is 38.3 Å². The molecule has 0 aliphatic carbocycles. The van der Waals surface area contributed by atoms with Crippen molar-refractivity contribution in [3.63, 3.8) is 0 Å². The second-order valence-corrected chi connectivity index (χ2v) is 9.32. The van der Waals surface area contributed by atoms with Gasteiger partial charge in [-0.15, -0.1) is 11.3 Å². The number of thiophene rings is 1. The minimum atomic E-state index is 0.0954. The molecule has 33 heavy (non-hydrogen) atoms. The van der Waals surface area contributed by atoms with Gasteiger partial charge < -0.3 is 19.1 Å². The highest BCUT2D eigenvalue weighted by molar-refractivity contribution is 7.09. The van der Waals surface area contributed by atoms with E-state index in [0.29, 0.717) is 26.3 Å². The number of benzene rings is 2. The zero-order valence-corrected chi connectivity index (χ0v) is 19.6. The number of fused-ring (bicyclic) bond motifs is 1. The van der Waals surface area contributed by atoms with E-state index in [-0.39, 0.29) is 11.9 Å². The molecule has 1 atom stereocenters. The van der Waals surface area contributed by atoms with Crippen molar-refractivity contribution < 1.29 is 19.0 Å². The minimum Gasteiger partial charge on any atom is -0.497 e. The highest BCUT2D eigenvalue weighted by Crippen LogP contribution is 2.38. The van der Waals surface area contributed by atoms with Crippen LogP contribution in [0.5, 0.6) is 17.2 Å². The fourth-order valence-electron chi connectivity index (χ4n) is 4.56. The topological polar surface area (TPSA) is 51.2 Å². The van der Waals surface area contributed by atoms with Crippen LogP contribution in [0, 0.1) is 0 Å². The fourth-order valence-corrected chi connectivity index (χ4v) is 5.26. The molecule has 7 heteroatoms. The van der Waals surface area contributed by atoms with E-state index in [2.05, 4.69) is 23.1 Å². The van der Waals surface area contributed by atoms with Gasteiger partial charge in [-0.25, -0.2) is 0 Å². The molecule has 2 aliphatic heterocycles. The number of anilines is 1. The zero-order valence-electron chi connectivity index (χ0n) is 18.7. The van der Waals surface area contributed by atoms with E-state index in [4.69, 9.17) is 14.2 Å². The first-order valence-corrected chi connectivity index (χ1v) is 12.2. The number of hydrogen-bond donors (Lipinski definition) is 0. The number of nitrogens with zero attached hydrogens (tertiary/aromatic N) is 2. The molecule has 1 fully saturated rings. The molecule has 0 bridgehead atoms. The van der Waals surface area contributed by atoms with Crippen molar-refractivity contribution in [3.05, 3.63) is 70.4 Å². The lowest BCUT2D eigenvalue weighted by molar-refractivity contribution is -0.120. The quantitative estimate of drug-likeness (QED) is 0.498. The van der Waals surface area contributed by atoms with Gasteiger partial charge in [0.25, 0.3) is 0 Å². The molecule has 1 unspecified atom stereocenters. The summed E-state index contributed by atoms with van der Waals surface area (Å²) in [7, 11) is 1.65. The lowest BCUT2D eigenvalue weighted by Gasteiger charge is -2.29. The predicted molar refractivity (Wildman–Crippen MR) is 129 cm³/mol. The first kappa shape index (κ1) is 21.8. The molecule has 172 valence electrons. The maximum atomic E-state index is 13.6. The summed E-state index contributed by atoms with van der Waals surface area (Å²) >= 11 is 1.67. The van der Waals surface area contributed by atoms with E-state index in [1.807, 2.05) is 46.7 Å². The molecule has 1 saturated heterocycles. The van der Waals surface area contributed by atoms with Gasteiger partial charge in [-0.05, 0) is 72.8 Å². The third kappa shape index (κ3) is 4.84. The molecule has 6 nitrogen and oxygen atoms in total. The van der Waals surface area contributed by atoms with Crippen LogP contribution in [0.3, 0.4) is 0 Å². The van der Waals surface area contributed by atoms with Crippen molar-refractivity contribution in [1.29, 1.82) is 0 Å². The molecule has 3 heterocycles. The van der Waals surface area contributed by atoms with Gasteiger partial charge in [0.15, 0.2) is 11.5 Å². The van der Waals surface area contributed by atoms with Crippen LogP contribution in [0.15, 0.2) is 60.0 Å². The van der Waals surface area contributed by atoms with Gasteiger partial charge in [0.05, 0.1) is 20.2 Å². The van der Waals surface area contributed by atoms with E-state index in [1.54, 1.807) is 18.4 Å². The molecule has 0 spiro atoms. The highest BCUT2D eigenvalue weighted by Gasteiger charge is 2.30. The summed E-state index contributed by atoms with van der Waals surface area (Å²) in [5, 5.41) is 2.05. The Hall–Kier alpha value is -3.03. The molecule has 2 aliphatic rings. The van der Waals surface area contributed by atoms with Crippen molar-refractivity contribution >= 4 is 22.9 Å². The summed E-state index contributed by atoms with van der Waals surface area (Å²) < 4.78 is 16.8. The van der Waals surface area contributed by atoms with E-state index in [0.717, 1.165) is 47.2 Å². The minimum absolute atomic E-state index is 0.0954. The first-order chi connectivity index (χ1) is 16.2. The maximum absolute atomic E-state index is 13.6. The molecule has 2 aromatic carbocycles. The van der Waals surface area contributed by atoms with Gasteiger partial charge in [-0.2, -0.15) is 0 Å². The number of likely N-dealkylation sites (tertiary alicyclic amines) is 1. The normalized spacial score (nSPS) is 17.7. The van der Waals surface area contributed by atoms with Crippen LogP contribution in [0.4, 0.5) is 5.69 Å². The molecule has 1 amide bonds. The number of carbonyl (C=O) groups excluding carboxylic acids is 1. The second-order valence-electron chi connectivity index (χ2n) is 8.29. The SMILES string of the molecule is COc1ccc(N(Cc2cccs2)C(=O)CN2CCCC2c2ccc3c(c2)OCCO3)cc1. The Balaban J connectivity index is 1.35. The van der Waals surface area contributed by atoms with Crippen LogP contribution in [0.1, 0.15) is 29.3 Å². The Morgan fingerprint density at radius 3 is 2.70 bits per heavy atom. The van der Waals surface area contributed by atoms with Crippen LogP contribution in [-0.4, -0.2) is 44.2 Å².